The molecule has 1 aromatic carbocycles. The third-order valence-electron chi connectivity index (χ3n) is 2.94. The van der Waals surface area contributed by atoms with E-state index in [1.165, 1.54) is 18.2 Å². The van der Waals surface area contributed by atoms with Crippen LogP contribution in [0.1, 0.15) is 23.2 Å². The second-order valence-electron chi connectivity index (χ2n) is 4.31. The van der Waals surface area contributed by atoms with Crippen LogP contribution in [-0.2, 0) is 0 Å². The first-order valence-corrected chi connectivity index (χ1v) is 6.43. The second kappa shape index (κ2) is 4.81. The Kier molecular flexibility index (Phi) is 3.53. The smallest absolute Gasteiger partial charge is 0.270 e. The minimum Gasteiger partial charge on any atom is -0.394 e. The van der Waals surface area contributed by atoms with E-state index in [0.29, 0.717) is 3.57 Å². The number of amides is 1. The summed E-state index contributed by atoms with van der Waals surface area (Å²) in [7, 11) is 0. The Morgan fingerprint density at radius 3 is 2.72 bits per heavy atom. The summed E-state index contributed by atoms with van der Waals surface area (Å²) >= 11 is 1.95. The molecule has 0 aliphatic heterocycles. The number of carbonyl (C=O) groups excluding carboxylic acids is 1. The molecule has 96 valence electrons. The number of non-ortho nitro benzene ring substituents is 1. The predicted molar refractivity (Wildman–Crippen MR) is 72.3 cm³/mol. The fraction of sp³-hybridized carbons (Fsp3) is 0.364. The van der Waals surface area contributed by atoms with Crippen molar-refractivity contribution in [3.05, 3.63) is 37.4 Å². The van der Waals surface area contributed by atoms with Gasteiger partial charge in [-0.3, -0.25) is 14.9 Å². The van der Waals surface area contributed by atoms with E-state index in [1.807, 2.05) is 22.6 Å². The molecule has 0 bridgehead atoms. The lowest BCUT2D eigenvalue weighted by atomic mass is 10.1. The summed E-state index contributed by atoms with van der Waals surface area (Å²) in [5.74, 6) is -0.380. The van der Waals surface area contributed by atoms with E-state index in [0.717, 1.165) is 12.8 Å². The van der Waals surface area contributed by atoms with Gasteiger partial charge in [-0.15, -0.1) is 0 Å². The van der Waals surface area contributed by atoms with Gasteiger partial charge in [-0.05, 0) is 41.5 Å². The number of hydrogen-bond acceptors (Lipinski definition) is 4. The molecule has 0 heterocycles. The summed E-state index contributed by atoms with van der Waals surface area (Å²) in [5.41, 5.74) is -0.371. The summed E-state index contributed by atoms with van der Waals surface area (Å²) in [6.45, 7) is -0.107. The van der Waals surface area contributed by atoms with Gasteiger partial charge in [-0.2, -0.15) is 0 Å². The topological polar surface area (TPSA) is 92.5 Å². The number of halogens is 1. The fourth-order valence-electron chi connectivity index (χ4n) is 1.58. The molecule has 1 amide bonds. The van der Waals surface area contributed by atoms with Gasteiger partial charge < -0.3 is 10.4 Å². The molecule has 0 unspecified atom stereocenters. The SMILES string of the molecule is O=C(NC1(CO)CC1)c1cc([N+](=O)[O-])ccc1I. The van der Waals surface area contributed by atoms with E-state index in [4.69, 9.17) is 5.11 Å². The molecule has 6 nitrogen and oxygen atoms in total. The van der Waals surface area contributed by atoms with Crippen molar-refractivity contribution in [2.75, 3.05) is 6.61 Å². The molecule has 7 heteroatoms. The highest BCUT2D eigenvalue weighted by molar-refractivity contribution is 14.1. The highest BCUT2D eigenvalue weighted by atomic mass is 127. The van der Waals surface area contributed by atoms with E-state index in [2.05, 4.69) is 5.32 Å². The van der Waals surface area contributed by atoms with Crippen LogP contribution in [0.2, 0.25) is 0 Å². The maximum atomic E-state index is 12.0. The summed E-state index contributed by atoms with van der Waals surface area (Å²) in [5, 5.41) is 22.5. The van der Waals surface area contributed by atoms with Gasteiger partial charge in [0.1, 0.15) is 0 Å². The second-order valence-corrected chi connectivity index (χ2v) is 5.48. The van der Waals surface area contributed by atoms with Gasteiger partial charge in [0.05, 0.1) is 22.6 Å². The van der Waals surface area contributed by atoms with Gasteiger partial charge in [0, 0.05) is 15.7 Å². The van der Waals surface area contributed by atoms with Crippen LogP contribution in [0.15, 0.2) is 18.2 Å². The molecule has 2 N–H and O–H groups in total. The molecule has 1 fully saturated rings. The molecular formula is C11H11IN2O4. The molecule has 1 aliphatic rings. The zero-order valence-electron chi connectivity index (χ0n) is 9.35. The van der Waals surface area contributed by atoms with Crippen LogP contribution in [0.3, 0.4) is 0 Å². The van der Waals surface area contributed by atoms with Crippen molar-refractivity contribution in [2.24, 2.45) is 0 Å². The average molecular weight is 362 g/mol. The first kappa shape index (κ1) is 13.2. The number of nitrogens with zero attached hydrogens (tertiary/aromatic N) is 1. The average Bonchev–Trinajstić information content (AvgIpc) is 3.09. The van der Waals surface area contributed by atoms with Gasteiger partial charge in [-0.1, -0.05) is 0 Å². The van der Waals surface area contributed by atoms with Crippen molar-refractivity contribution in [2.45, 2.75) is 18.4 Å². The third kappa shape index (κ3) is 2.61. The summed E-state index contributed by atoms with van der Waals surface area (Å²) in [6, 6.07) is 4.15. The zero-order chi connectivity index (χ0) is 13.3. The van der Waals surface area contributed by atoms with Gasteiger partial charge in [0.15, 0.2) is 0 Å². The van der Waals surface area contributed by atoms with E-state index in [-0.39, 0.29) is 23.8 Å². The standard InChI is InChI=1S/C11H11IN2O4/c12-9-2-1-7(14(17)18)5-8(9)10(16)13-11(6-15)3-4-11/h1-2,5,15H,3-4,6H2,(H,13,16). The molecule has 0 radical (unpaired) electrons. The van der Waals surface area contributed by atoms with Crippen molar-refractivity contribution in [3.8, 4) is 0 Å². The molecule has 0 atom stereocenters. The highest BCUT2D eigenvalue weighted by Crippen LogP contribution is 2.35. The third-order valence-corrected chi connectivity index (χ3v) is 3.88. The van der Waals surface area contributed by atoms with Gasteiger partial charge >= 0.3 is 0 Å². The maximum absolute atomic E-state index is 12.0. The van der Waals surface area contributed by atoms with Crippen LogP contribution in [0, 0.1) is 13.7 Å². The molecule has 18 heavy (non-hydrogen) atoms. The predicted octanol–water partition coefficient (Wildman–Crippen LogP) is 1.45. The Bertz CT molecular complexity index is 514. The van der Waals surface area contributed by atoms with Crippen molar-refractivity contribution in [3.63, 3.8) is 0 Å². The lowest BCUT2D eigenvalue weighted by Crippen LogP contribution is -2.39. The van der Waals surface area contributed by atoms with E-state index < -0.39 is 10.5 Å². The van der Waals surface area contributed by atoms with Crippen molar-refractivity contribution in [1.29, 1.82) is 0 Å². The number of hydrogen-bond donors (Lipinski definition) is 2. The van der Waals surface area contributed by atoms with Crippen molar-refractivity contribution < 1.29 is 14.8 Å². The van der Waals surface area contributed by atoms with Crippen LogP contribution < -0.4 is 5.32 Å². The number of aliphatic hydroxyl groups excluding tert-OH is 1. The first-order chi connectivity index (χ1) is 8.47. The molecule has 2 rings (SSSR count). The highest BCUT2D eigenvalue weighted by Gasteiger charge is 2.43. The monoisotopic (exact) mass is 362 g/mol. The molecule has 1 aliphatic carbocycles. The van der Waals surface area contributed by atoms with Crippen LogP contribution in [-0.4, -0.2) is 28.1 Å². The van der Waals surface area contributed by atoms with Gasteiger partial charge in [-0.25, -0.2) is 0 Å². The number of aliphatic hydroxyl groups is 1. The lowest BCUT2D eigenvalue weighted by Gasteiger charge is -2.14. The van der Waals surface area contributed by atoms with Gasteiger partial charge in [0.2, 0.25) is 0 Å². The number of rotatable bonds is 4. The zero-order valence-corrected chi connectivity index (χ0v) is 11.5. The van der Waals surface area contributed by atoms with Crippen LogP contribution in [0.5, 0.6) is 0 Å². The lowest BCUT2D eigenvalue weighted by molar-refractivity contribution is -0.384. The Morgan fingerprint density at radius 1 is 1.56 bits per heavy atom. The number of nitro benzene ring substituents is 1. The molecule has 0 saturated heterocycles. The number of benzene rings is 1. The molecule has 0 spiro atoms. The molecule has 0 aromatic heterocycles. The Hall–Kier alpha value is -1.22. The largest absolute Gasteiger partial charge is 0.394 e. The quantitative estimate of drug-likeness (QED) is 0.482. The fourth-order valence-corrected chi connectivity index (χ4v) is 2.16. The molecule has 1 aromatic rings. The Balaban J connectivity index is 2.24. The number of carbonyl (C=O) groups is 1. The first-order valence-electron chi connectivity index (χ1n) is 5.35. The summed E-state index contributed by atoms with van der Waals surface area (Å²) in [4.78, 5) is 22.1. The van der Waals surface area contributed by atoms with Crippen LogP contribution >= 0.6 is 22.6 Å². The van der Waals surface area contributed by atoms with Crippen molar-refractivity contribution in [1.82, 2.24) is 5.32 Å². The van der Waals surface area contributed by atoms with E-state index in [9.17, 15) is 14.9 Å². The van der Waals surface area contributed by atoms with Crippen molar-refractivity contribution >= 4 is 34.2 Å². The van der Waals surface area contributed by atoms with E-state index in [1.54, 1.807) is 0 Å². The Labute approximate surface area is 117 Å². The van der Waals surface area contributed by atoms with Crippen LogP contribution in [0.25, 0.3) is 0 Å². The number of nitrogens with one attached hydrogen (secondary N) is 1. The van der Waals surface area contributed by atoms with E-state index >= 15 is 0 Å². The van der Waals surface area contributed by atoms with Gasteiger partial charge in [0.25, 0.3) is 11.6 Å². The molecule has 1 saturated carbocycles. The Morgan fingerprint density at radius 2 is 2.22 bits per heavy atom. The summed E-state index contributed by atoms with van der Waals surface area (Å²) < 4.78 is 0.643. The summed E-state index contributed by atoms with van der Waals surface area (Å²) in [6.07, 6.45) is 1.47. The van der Waals surface area contributed by atoms with Crippen LogP contribution in [0.4, 0.5) is 5.69 Å². The normalized spacial score (nSPS) is 16.1. The minimum atomic E-state index is -0.536. The number of nitro groups is 1. The maximum Gasteiger partial charge on any atom is 0.270 e. The molecular weight excluding hydrogens is 351 g/mol. The minimum absolute atomic E-state index is 0.107.